The Kier molecular flexibility index (Phi) is 4.36. The van der Waals surface area contributed by atoms with Crippen LogP contribution in [0.5, 0.6) is 0 Å². The molecule has 0 fully saturated rings. The van der Waals surface area contributed by atoms with E-state index in [0.717, 1.165) is 54.6 Å². The van der Waals surface area contributed by atoms with Crippen molar-refractivity contribution in [2.45, 2.75) is 0 Å². The topological polar surface area (TPSA) is 104 Å². The zero-order valence-electron chi connectivity index (χ0n) is 18.5. The third kappa shape index (κ3) is 2.86. The second-order valence-corrected chi connectivity index (χ2v) is 8.67. The molecule has 6 rings (SSSR count). The SMILES string of the molecule is Nc1ccc2c(c1)c1cc(N)ccc1c1c(-c3ccccc3)c(N)c(N)c(-c3ccccc3)c21. The first-order valence-corrected chi connectivity index (χ1v) is 11.2. The minimum atomic E-state index is 0.575. The first-order chi connectivity index (χ1) is 16.5. The van der Waals surface area contributed by atoms with Gasteiger partial charge in [0.25, 0.3) is 0 Å². The summed E-state index contributed by atoms with van der Waals surface area (Å²) >= 11 is 0. The van der Waals surface area contributed by atoms with Gasteiger partial charge in [0.15, 0.2) is 0 Å². The van der Waals surface area contributed by atoms with Crippen molar-refractivity contribution in [2.75, 3.05) is 22.9 Å². The standard InChI is InChI=1S/C30H24N4/c31-19-11-13-21-23(15-19)24-16-20(32)12-14-22(24)28-26(18-9-5-2-6-10-18)30(34)29(33)25(27(21)28)17-7-3-1-4-8-17/h1-16H,31-34H2. The summed E-state index contributed by atoms with van der Waals surface area (Å²) in [6, 6.07) is 32.4. The third-order valence-corrected chi connectivity index (χ3v) is 6.62. The predicted molar refractivity (Wildman–Crippen MR) is 147 cm³/mol. The van der Waals surface area contributed by atoms with Gasteiger partial charge in [-0.05, 0) is 56.9 Å². The van der Waals surface area contributed by atoms with Crippen LogP contribution in [0.1, 0.15) is 0 Å². The molecule has 0 spiro atoms. The van der Waals surface area contributed by atoms with Crippen molar-refractivity contribution in [3.8, 4) is 22.3 Å². The minimum absolute atomic E-state index is 0.575. The van der Waals surface area contributed by atoms with E-state index in [9.17, 15) is 0 Å². The number of fused-ring (bicyclic) bond motifs is 6. The highest BCUT2D eigenvalue weighted by atomic mass is 14.7. The number of nitrogens with two attached hydrogens (primary N) is 4. The summed E-state index contributed by atoms with van der Waals surface area (Å²) in [5, 5.41) is 6.31. The Labute approximate surface area is 197 Å². The molecule has 0 radical (unpaired) electrons. The lowest BCUT2D eigenvalue weighted by molar-refractivity contribution is 1.62. The Balaban J connectivity index is 1.99. The van der Waals surface area contributed by atoms with Crippen molar-refractivity contribution in [2.24, 2.45) is 0 Å². The van der Waals surface area contributed by atoms with Crippen LogP contribution in [-0.2, 0) is 0 Å². The molecule has 0 heterocycles. The molecule has 4 heteroatoms. The minimum Gasteiger partial charge on any atom is -0.399 e. The van der Waals surface area contributed by atoms with Gasteiger partial charge in [0.2, 0.25) is 0 Å². The third-order valence-electron chi connectivity index (χ3n) is 6.62. The number of hydrogen-bond acceptors (Lipinski definition) is 4. The van der Waals surface area contributed by atoms with Gasteiger partial charge < -0.3 is 22.9 Å². The molecule has 0 bridgehead atoms. The fourth-order valence-corrected chi connectivity index (χ4v) is 5.14. The number of benzene rings is 6. The number of nitrogen functional groups attached to an aromatic ring is 4. The molecule has 0 unspecified atom stereocenters. The van der Waals surface area contributed by atoms with Crippen LogP contribution in [0, 0.1) is 0 Å². The van der Waals surface area contributed by atoms with Crippen LogP contribution in [-0.4, -0.2) is 0 Å². The number of rotatable bonds is 2. The largest absolute Gasteiger partial charge is 0.399 e. The fraction of sp³-hybridized carbons (Fsp3) is 0. The van der Waals surface area contributed by atoms with Gasteiger partial charge in [-0.1, -0.05) is 72.8 Å². The van der Waals surface area contributed by atoms with Gasteiger partial charge in [-0.25, -0.2) is 0 Å². The van der Waals surface area contributed by atoms with Crippen LogP contribution >= 0.6 is 0 Å². The predicted octanol–water partition coefficient (Wildman–Crippen LogP) is 6.81. The number of anilines is 4. The van der Waals surface area contributed by atoms with Crippen molar-refractivity contribution >= 4 is 55.1 Å². The molecule has 0 aromatic heterocycles. The van der Waals surface area contributed by atoms with Crippen LogP contribution in [0.25, 0.3) is 54.6 Å². The Hall–Kier alpha value is -4.70. The average Bonchev–Trinajstić information content (AvgIpc) is 2.86. The lowest BCUT2D eigenvalue weighted by Crippen LogP contribution is -2.03. The molecule has 0 aliphatic rings. The maximum absolute atomic E-state index is 6.84. The van der Waals surface area contributed by atoms with E-state index in [1.807, 2.05) is 60.7 Å². The second-order valence-electron chi connectivity index (χ2n) is 8.67. The molecule has 0 saturated heterocycles. The number of hydrogen-bond donors (Lipinski definition) is 4. The normalized spacial score (nSPS) is 11.4. The molecule has 164 valence electrons. The van der Waals surface area contributed by atoms with Gasteiger partial charge in [-0.15, -0.1) is 0 Å². The zero-order valence-corrected chi connectivity index (χ0v) is 18.5. The first-order valence-electron chi connectivity index (χ1n) is 11.2. The van der Waals surface area contributed by atoms with Crippen LogP contribution in [0.3, 0.4) is 0 Å². The summed E-state index contributed by atoms with van der Waals surface area (Å²) in [7, 11) is 0. The zero-order chi connectivity index (χ0) is 23.4. The molecular formula is C30H24N4. The maximum Gasteiger partial charge on any atom is 0.0640 e. The van der Waals surface area contributed by atoms with Crippen molar-refractivity contribution in [3.05, 3.63) is 97.1 Å². The summed E-state index contributed by atoms with van der Waals surface area (Å²) in [4.78, 5) is 0. The molecule has 0 atom stereocenters. The molecule has 0 aliphatic heterocycles. The van der Waals surface area contributed by atoms with Crippen molar-refractivity contribution in [1.29, 1.82) is 0 Å². The van der Waals surface area contributed by atoms with Crippen LogP contribution in [0.4, 0.5) is 22.7 Å². The highest BCUT2D eigenvalue weighted by Crippen LogP contribution is 2.50. The molecule has 0 aliphatic carbocycles. The summed E-state index contributed by atoms with van der Waals surface area (Å²) in [6.45, 7) is 0. The van der Waals surface area contributed by atoms with Gasteiger partial charge in [0, 0.05) is 33.3 Å². The van der Waals surface area contributed by atoms with E-state index in [1.165, 1.54) is 0 Å². The highest BCUT2D eigenvalue weighted by Gasteiger charge is 2.23. The molecular weight excluding hydrogens is 416 g/mol. The smallest absolute Gasteiger partial charge is 0.0640 e. The van der Waals surface area contributed by atoms with Crippen LogP contribution < -0.4 is 22.9 Å². The Bertz CT molecular complexity index is 1590. The van der Waals surface area contributed by atoms with E-state index in [2.05, 4.69) is 36.4 Å². The Morgan fingerprint density at radius 1 is 0.382 bits per heavy atom. The monoisotopic (exact) mass is 440 g/mol. The molecule has 34 heavy (non-hydrogen) atoms. The van der Waals surface area contributed by atoms with Crippen molar-refractivity contribution in [3.63, 3.8) is 0 Å². The quantitative estimate of drug-likeness (QED) is 0.175. The van der Waals surface area contributed by atoms with Gasteiger partial charge in [0.05, 0.1) is 11.4 Å². The van der Waals surface area contributed by atoms with Gasteiger partial charge in [0.1, 0.15) is 0 Å². The first kappa shape index (κ1) is 19.9. The Morgan fingerprint density at radius 3 is 1.15 bits per heavy atom. The maximum atomic E-state index is 6.84. The summed E-state index contributed by atoms with van der Waals surface area (Å²) < 4.78 is 0. The molecule has 8 N–H and O–H groups in total. The fourth-order valence-electron chi connectivity index (χ4n) is 5.14. The van der Waals surface area contributed by atoms with Crippen molar-refractivity contribution < 1.29 is 0 Å². The second kappa shape index (κ2) is 7.42. The Morgan fingerprint density at radius 2 is 0.765 bits per heavy atom. The van der Waals surface area contributed by atoms with Gasteiger partial charge >= 0.3 is 0 Å². The van der Waals surface area contributed by atoms with E-state index >= 15 is 0 Å². The molecule has 4 nitrogen and oxygen atoms in total. The van der Waals surface area contributed by atoms with E-state index in [4.69, 9.17) is 22.9 Å². The van der Waals surface area contributed by atoms with Gasteiger partial charge in [-0.2, -0.15) is 0 Å². The van der Waals surface area contributed by atoms with E-state index < -0.39 is 0 Å². The molecule has 0 amide bonds. The lowest BCUT2D eigenvalue weighted by Gasteiger charge is -2.22. The molecule has 6 aromatic rings. The summed E-state index contributed by atoms with van der Waals surface area (Å²) in [5.74, 6) is 0. The summed E-state index contributed by atoms with van der Waals surface area (Å²) in [6.07, 6.45) is 0. The van der Waals surface area contributed by atoms with Crippen LogP contribution in [0.2, 0.25) is 0 Å². The van der Waals surface area contributed by atoms with Crippen LogP contribution in [0.15, 0.2) is 97.1 Å². The van der Waals surface area contributed by atoms with E-state index in [0.29, 0.717) is 22.7 Å². The van der Waals surface area contributed by atoms with Crippen molar-refractivity contribution in [1.82, 2.24) is 0 Å². The highest BCUT2D eigenvalue weighted by molar-refractivity contribution is 6.35. The molecule has 6 aromatic carbocycles. The lowest BCUT2D eigenvalue weighted by atomic mass is 9.83. The van der Waals surface area contributed by atoms with E-state index in [1.54, 1.807) is 0 Å². The average molecular weight is 441 g/mol. The molecule has 0 saturated carbocycles. The van der Waals surface area contributed by atoms with Gasteiger partial charge in [-0.3, -0.25) is 0 Å². The van der Waals surface area contributed by atoms with E-state index in [-0.39, 0.29) is 0 Å². The summed E-state index contributed by atoms with van der Waals surface area (Å²) in [5.41, 5.74) is 32.6.